The van der Waals surface area contributed by atoms with Gasteiger partial charge in [0.15, 0.2) is 5.13 Å². The topological polar surface area (TPSA) is 130 Å². The summed E-state index contributed by atoms with van der Waals surface area (Å²) in [6.07, 6.45) is 2.37. The molecule has 1 aromatic heterocycles. The number of amides is 2. The summed E-state index contributed by atoms with van der Waals surface area (Å²) in [6.45, 7) is 8.40. The van der Waals surface area contributed by atoms with Crippen LogP contribution in [0.3, 0.4) is 0 Å². The van der Waals surface area contributed by atoms with Crippen molar-refractivity contribution in [2.24, 2.45) is 0 Å². The molecule has 0 aliphatic carbocycles. The Morgan fingerprint density at radius 2 is 1.80 bits per heavy atom. The number of hydrogen-bond donors (Lipinski definition) is 3. The molecule has 10 nitrogen and oxygen atoms in total. The van der Waals surface area contributed by atoms with Crippen LogP contribution < -0.4 is 20.3 Å². The zero-order valence-electron chi connectivity index (χ0n) is 23.1. The molecular weight excluding hydrogens is 550 g/mol. The fourth-order valence-corrected chi connectivity index (χ4v) is 7.09. The standard InChI is InChI=1S/C28H35N5O5S2/c1-19(34)31-21-10-11-23(25(16-21)40(36,37)32-28(2,3)4)24-18-29-26(39-24)33-14-12-22(13-15-33)38-27(35)30-17-20-8-6-5-7-9-20/h5-11,16,18,22,32H,12-15,17H2,1-4H3,(H,30,35)(H,31,34). The number of alkyl carbamates (subject to hydrolysis) is 1. The second-order valence-corrected chi connectivity index (χ2v) is 13.3. The molecule has 12 heteroatoms. The molecule has 40 heavy (non-hydrogen) atoms. The molecule has 1 saturated heterocycles. The number of hydrogen-bond acceptors (Lipinski definition) is 8. The van der Waals surface area contributed by atoms with Gasteiger partial charge in [-0.2, -0.15) is 0 Å². The lowest BCUT2D eigenvalue weighted by molar-refractivity contribution is -0.114. The summed E-state index contributed by atoms with van der Waals surface area (Å²) in [5.41, 5.74) is 1.21. The molecule has 1 fully saturated rings. The lowest BCUT2D eigenvalue weighted by Crippen LogP contribution is -2.40. The van der Waals surface area contributed by atoms with Gasteiger partial charge in [0.25, 0.3) is 0 Å². The van der Waals surface area contributed by atoms with Gasteiger partial charge >= 0.3 is 6.09 Å². The summed E-state index contributed by atoms with van der Waals surface area (Å²) in [6, 6.07) is 14.5. The van der Waals surface area contributed by atoms with Crippen molar-refractivity contribution in [1.82, 2.24) is 15.0 Å². The highest BCUT2D eigenvalue weighted by Gasteiger charge is 2.28. The monoisotopic (exact) mass is 585 g/mol. The lowest BCUT2D eigenvalue weighted by atomic mass is 10.1. The smallest absolute Gasteiger partial charge is 0.407 e. The Morgan fingerprint density at radius 1 is 1.10 bits per heavy atom. The summed E-state index contributed by atoms with van der Waals surface area (Å²) in [5.74, 6) is -0.291. The molecule has 3 N–H and O–H groups in total. The summed E-state index contributed by atoms with van der Waals surface area (Å²) in [4.78, 5) is 31.3. The molecule has 214 valence electrons. The third kappa shape index (κ3) is 8.03. The number of rotatable bonds is 8. The first kappa shape index (κ1) is 29.5. The van der Waals surface area contributed by atoms with E-state index in [9.17, 15) is 18.0 Å². The average molecular weight is 586 g/mol. The van der Waals surface area contributed by atoms with Gasteiger partial charge in [-0.3, -0.25) is 4.79 Å². The van der Waals surface area contributed by atoms with Crippen molar-refractivity contribution in [3.8, 4) is 10.4 Å². The lowest BCUT2D eigenvalue weighted by Gasteiger charge is -2.31. The Labute approximate surface area is 239 Å². The largest absolute Gasteiger partial charge is 0.446 e. The Hall–Kier alpha value is -3.48. The minimum atomic E-state index is -3.90. The number of nitrogens with one attached hydrogen (secondary N) is 3. The average Bonchev–Trinajstić information content (AvgIpc) is 3.37. The number of ether oxygens (including phenoxy) is 1. The van der Waals surface area contributed by atoms with Crippen molar-refractivity contribution in [2.45, 2.75) is 63.6 Å². The molecule has 4 rings (SSSR count). The first-order valence-corrected chi connectivity index (χ1v) is 15.3. The van der Waals surface area contributed by atoms with Crippen molar-refractivity contribution in [3.63, 3.8) is 0 Å². The first-order chi connectivity index (χ1) is 18.9. The van der Waals surface area contributed by atoms with Crippen molar-refractivity contribution in [1.29, 1.82) is 0 Å². The molecule has 0 unspecified atom stereocenters. The highest BCUT2D eigenvalue weighted by Crippen LogP contribution is 2.37. The van der Waals surface area contributed by atoms with Gasteiger partial charge in [-0.05, 0) is 38.5 Å². The third-order valence-electron chi connectivity index (χ3n) is 6.06. The van der Waals surface area contributed by atoms with Crippen LogP contribution in [0.2, 0.25) is 0 Å². The maximum absolute atomic E-state index is 13.3. The first-order valence-electron chi connectivity index (χ1n) is 13.0. The normalized spacial score (nSPS) is 14.6. The van der Waals surface area contributed by atoms with Crippen LogP contribution in [0.5, 0.6) is 0 Å². The fraction of sp³-hybridized carbons (Fsp3) is 0.393. The quantitative estimate of drug-likeness (QED) is 0.348. The zero-order chi connectivity index (χ0) is 28.9. The number of aromatic nitrogens is 1. The number of carbonyl (C=O) groups is 2. The molecule has 2 amide bonds. The van der Waals surface area contributed by atoms with E-state index in [1.807, 2.05) is 30.3 Å². The van der Waals surface area contributed by atoms with Gasteiger partial charge < -0.3 is 20.3 Å². The summed E-state index contributed by atoms with van der Waals surface area (Å²) in [7, 11) is -3.90. The number of piperidine rings is 1. The molecule has 1 aliphatic rings. The molecule has 0 radical (unpaired) electrons. The van der Waals surface area contributed by atoms with E-state index < -0.39 is 21.7 Å². The van der Waals surface area contributed by atoms with E-state index >= 15 is 0 Å². The summed E-state index contributed by atoms with van der Waals surface area (Å²) in [5, 5.41) is 6.22. The Morgan fingerprint density at radius 3 is 2.45 bits per heavy atom. The Bertz CT molecular complexity index is 1440. The number of nitrogens with zero attached hydrogens (tertiary/aromatic N) is 2. The number of anilines is 2. The fourth-order valence-electron chi connectivity index (χ4n) is 4.35. The molecule has 0 bridgehead atoms. The Balaban J connectivity index is 1.43. The molecular formula is C28H35N5O5S2. The maximum atomic E-state index is 13.3. The van der Waals surface area contributed by atoms with Crippen LogP contribution in [0.4, 0.5) is 15.6 Å². The minimum absolute atomic E-state index is 0.0671. The van der Waals surface area contributed by atoms with Crippen LogP contribution in [0.15, 0.2) is 59.6 Å². The van der Waals surface area contributed by atoms with Crippen LogP contribution in [0.25, 0.3) is 10.4 Å². The van der Waals surface area contributed by atoms with E-state index in [4.69, 9.17) is 4.74 Å². The molecule has 1 aliphatic heterocycles. The van der Waals surface area contributed by atoms with E-state index in [-0.39, 0.29) is 16.9 Å². The van der Waals surface area contributed by atoms with Crippen LogP contribution in [-0.2, 0) is 26.1 Å². The van der Waals surface area contributed by atoms with Gasteiger partial charge in [0.05, 0.1) is 9.77 Å². The maximum Gasteiger partial charge on any atom is 0.407 e. The van der Waals surface area contributed by atoms with Crippen molar-refractivity contribution in [3.05, 3.63) is 60.3 Å². The number of thiazole rings is 1. The number of carbonyl (C=O) groups excluding carboxylic acids is 2. The summed E-state index contributed by atoms with van der Waals surface area (Å²) < 4.78 is 35.0. The molecule has 0 saturated carbocycles. The van der Waals surface area contributed by atoms with Gasteiger partial charge in [-0.1, -0.05) is 47.7 Å². The van der Waals surface area contributed by atoms with Gasteiger partial charge in [0, 0.05) is 62.4 Å². The van der Waals surface area contributed by atoms with E-state index in [1.54, 1.807) is 39.1 Å². The van der Waals surface area contributed by atoms with Gasteiger partial charge in [-0.15, -0.1) is 0 Å². The highest BCUT2D eigenvalue weighted by atomic mass is 32.2. The van der Waals surface area contributed by atoms with Crippen molar-refractivity contribution in [2.75, 3.05) is 23.3 Å². The number of sulfonamides is 1. The van der Waals surface area contributed by atoms with Crippen molar-refractivity contribution < 1.29 is 22.7 Å². The van der Waals surface area contributed by atoms with Gasteiger partial charge in [0.1, 0.15) is 6.10 Å². The Kier molecular flexibility index (Phi) is 9.12. The molecule has 0 spiro atoms. The SMILES string of the molecule is CC(=O)Nc1ccc(-c2cnc(N3CCC(OC(=O)NCc4ccccc4)CC3)s2)c(S(=O)(=O)NC(C)(C)C)c1. The van der Waals surface area contributed by atoms with E-state index in [2.05, 4.69) is 25.2 Å². The van der Waals surface area contributed by atoms with E-state index in [1.165, 1.54) is 24.3 Å². The molecule has 2 aromatic carbocycles. The second kappa shape index (κ2) is 12.4. The zero-order valence-corrected chi connectivity index (χ0v) is 24.7. The third-order valence-corrected chi connectivity index (χ3v) is 8.95. The number of benzene rings is 2. The molecule has 3 aromatic rings. The highest BCUT2D eigenvalue weighted by molar-refractivity contribution is 7.89. The van der Waals surface area contributed by atoms with Crippen LogP contribution >= 0.6 is 11.3 Å². The molecule has 2 heterocycles. The predicted octanol–water partition coefficient (Wildman–Crippen LogP) is 4.74. The van der Waals surface area contributed by atoms with Gasteiger partial charge in [0.2, 0.25) is 15.9 Å². The minimum Gasteiger partial charge on any atom is -0.446 e. The van der Waals surface area contributed by atoms with E-state index in [0.29, 0.717) is 48.6 Å². The van der Waals surface area contributed by atoms with E-state index in [0.717, 1.165) is 10.7 Å². The summed E-state index contributed by atoms with van der Waals surface area (Å²) >= 11 is 1.40. The van der Waals surface area contributed by atoms with Crippen LogP contribution in [0.1, 0.15) is 46.1 Å². The second-order valence-electron chi connectivity index (χ2n) is 10.7. The molecule has 0 atom stereocenters. The van der Waals surface area contributed by atoms with Crippen LogP contribution in [0, 0.1) is 0 Å². The van der Waals surface area contributed by atoms with Crippen molar-refractivity contribution >= 4 is 44.2 Å². The van der Waals surface area contributed by atoms with Gasteiger partial charge in [-0.25, -0.2) is 22.9 Å². The van der Waals surface area contributed by atoms with Crippen LogP contribution in [-0.4, -0.2) is 50.1 Å². The predicted molar refractivity (Wildman–Crippen MR) is 157 cm³/mol.